The predicted octanol–water partition coefficient (Wildman–Crippen LogP) is -0.639. The third-order valence-corrected chi connectivity index (χ3v) is 2.20. The summed E-state index contributed by atoms with van der Waals surface area (Å²) in [4.78, 5) is 26.7. The molecule has 92 valence electrons. The molecular weight excluding hydrogens is 222 g/mol. The zero-order valence-electron chi connectivity index (χ0n) is 9.65. The number of nitrogens with zero attached hydrogens (tertiary/aromatic N) is 1. The van der Waals surface area contributed by atoms with Crippen LogP contribution >= 0.6 is 0 Å². The van der Waals surface area contributed by atoms with Crippen molar-refractivity contribution in [2.75, 3.05) is 5.43 Å². The van der Waals surface area contributed by atoms with Gasteiger partial charge in [0, 0.05) is 0 Å². The second kappa shape index (κ2) is 4.79. The number of nitrogens with one attached hydrogen (secondary N) is 2. The van der Waals surface area contributed by atoms with Gasteiger partial charge >= 0.3 is 0 Å². The Morgan fingerprint density at radius 2 is 2.00 bits per heavy atom. The van der Waals surface area contributed by atoms with E-state index in [0.717, 1.165) is 0 Å². The highest BCUT2D eigenvalue weighted by molar-refractivity contribution is 5.97. The van der Waals surface area contributed by atoms with Gasteiger partial charge in [-0.3, -0.25) is 15.4 Å². The lowest BCUT2D eigenvalue weighted by Gasteiger charge is -2.21. The second-order valence-electron chi connectivity index (χ2n) is 4.02. The van der Waals surface area contributed by atoms with Crippen molar-refractivity contribution in [2.45, 2.75) is 19.4 Å². The van der Waals surface area contributed by atoms with Crippen molar-refractivity contribution in [2.24, 2.45) is 11.6 Å². The lowest BCUT2D eigenvalue weighted by molar-refractivity contribution is -0.122. The van der Waals surface area contributed by atoms with Gasteiger partial charge in [-0.1, -0.05) is 0 Å². The molecule has 0 aliphatic carbocycles. The molecule has 0 saturated carbocycles. The van der Waals surface area contributed by atoms with Crippen LogP contribution in [0.3, 0.4) is 0 Å². The minimum absolute atomic E-state index is 0.179. The van der Waals surface area contributed by atoms with Gasteiger partial charge in [0.25, 0.3) is 5.91 Å². The molecule has 1 aromatic heterocycles. The topological polar surface area (TPSA) is 123 Å². The van der Waals surface area contributed by atoms with E-state index >= 15 is 0 Å². The van der Waals surface area contributed by atoms with E-state index in [0.29, 0.717) is 5.69 Å². The van der Waals surface area contributed by atoms with E-state index in [2.05, 4.69) is 15.7 Å². The molecule has 1 rings (SSSR count). The number of primary amides is 1. The van der Waals surface area contributed by atoms with Crippen molar-refractivity contribution in [3.63, 3.8) is 0 Å². The van der Waals surface area contributed by atoms with Gasteiger partial charge in [0.2, 0.25) is 5.91 Å². The van der Waals surface area contributed by atoms with Crippen LogP contribution in [0.2, 0.25) is 0 Å². The Bertz CT molecular complexity index is 427. The number of hydrazine groups is 1. The molecule has 7 nitrogen and oxygen atoms in total. The van der Waals surface area contributed by atoms with Gasteiger partial charge in [0.1, 0.15) is 11.2 Å². The summed E-state index contributed by atoms with van der Waals surface area (Å²) in [5.41, 5.74) is 7.17. The van der Waals surface area contributed by atoms with E-state index in [1.807, 2.05) is 0 Å². The number of nitrogen functional groups attached to an aromatic ring is 1. The summed E-state index contributed by atoms with van der Waals surface area (Å²) in [5.74, 6) is 4.07. The molecule has 0 bridgehead atoms. The molecule has 0 spiro atoms. The summed E-state index contributed by atoms with van der Waals surface area (Å²) in [6.45, 7) is 3.03. The molecule has 0 aliphatic heterocycles. The summed E-state index contributed by atoms with van der Waals surface area (Å²) in [7, 11) is 0. The minimum atomic E-state index is -1.12. The Labute approximate surface area is 98.5 Å². The van der Waals surface area contributed by atoms with Gasteiger partial charge in [-0.2, -0.15) is 0 Å². The zero-order chi connectivity index (χ0) is 13.1. The number of hydrogen-bond donors (Lipinski definition) is 4. The number of hydrogen-bond acceptors (Lipinski definition) is 5. The lowest BCUT2D eigenvalue weighted by atomic mass is 10.1. The largest absolute Gasteiger partial charge is 0.368 e. The van der Waals surface area contributed by atoms with E-state index < -0.39 is 17.4 Å². The van der Waals surface area contributed by atoms with E-state index in [1.165, 1.54) is 26.1 Å². The van der Waals surface area contributed by atoms with Crippen LogP contribution in [-0.2, 0) is 4.79 Å². The number of rotatable bonds is 4. The number of amides is 2. The van der Waals surface area contributed by atoms with Crippen molar-refractivity contribution < 1.29 is 9.59 Å². The highest BCUT2D eigenvalue weighted by atomic mass is 16.2. The smallest absolute Gasteiger partial charge is 0.270 e. The summed E-state index contributed by atoms with van der Waals surface area (Å²) >= 11 is 0. The quantitative estimate of drug-likeness (QED) is 0.409. The fourth-order valence-corrected chi connectivity index (χ4v) is 1.02. The molecule has 6 N–H and O–H groups in total. The van der Waals surface area contributed by atoms with Crippen LogP contribution in [0.1, 0.15) is 24.3 Å². The fourth-order valence-electron chi connectivity index (χ4n) is 1.02. The zero-order valence-corrected chi connectivity index (χ0v) is 9.65. The molecule has 1 aromatic rings. The lowest BCUT2D eigenvalue weighted by Crippen LogP contribution is -2.53. The van der Waals surface area contributed by atoms with Crippen molar-refractivity contribution in [1.29, 1.82) is 0 Å². The summed E-state index contributed by atoms with van der Waals surface area (Å²) in [6.07, 6.45) is 1.41. The van der Waals surface area contributed by atoms with E-state index in [1.54, 1.807) is 6.07 Å². The molecule has 0 atom stereocenters. The Morgan fingerprint density at radius 3 is 2.41 bits per heavy atom. The van der Waals surface area contributed by atoms with Crippen molar-refractivity contribution in [3.8, 4) is 0 Å². The van der Waals surface area contributed by atoms with Crippen LogP contribution in [0.25, 0.3) is 0 Å². The van der Waals surface area contributed by atoms with E-state index in [-0.39, 0.29) is 5.69 Å². The van der Waals surface area contributed by atoms with E-state index in [9.17, 15) is 9.59 Å². The molecule has 7 heteroatoms. The number of pyridine rings is 1. The molecule has 0 aromatic carbocycles. The number of anilines is 1. The average molecular weight is 237 g/mol. The van der Waals surface area contributed by atoms with E-state index in [4.69, 9.17) is 11.6 Å². The van der Waals surface area contributed by atoms with Crippen LogP contribution in [0.5, 0.6) is 0 Å². The summed E-state index contributed by atoms with van der Waals surface area (Å²) in [5, 5.41) is 2.48. The average Bonchev–Trinajstić information content (AvgIpc) is 2.28. The van der Waals surface area contributed by atoms with Gasteiger partial charge in [0.05, 0.1) is 11.9 Å². The van der Waals surface area contributed by atoms with Gasteiger partial charge in [-0.15, -0.1) is 0 Å². The monoisotopic (exact) mass is 237 g/mol. The maximum Gasteiger partial charge on any atom is 0.270 e. The maximum atomic E-state index is 11.7. The molecule has 2 amide bonds. The highest BCUT2D eigenvalue weighted by Gasteiger charge is 2.27. The Kier molecular flexibility index (Phi) is 3.64. The van der Waals surface area contributed by atoms with Gasteiger partial charge in [-0.25, -0.2) is 4.98 Å². The van der Waals surface area contributed by atoms with Crippen LogP contribution < -0.4 is 22.3 Å². The van der Waals surface area contributed by atoms with Crippen molar-refractivity contribution in [1.82, 2.24) is 10.3 Å². The predicted molar refractivity (Wildman–Crippen MR) is 62.8 cm³/mol. The molecule has 0 aliphatic rings. The molecule has 1 heterocycles. The number of aromatic nitrogens is 1. The Balaban J connectivity index is 2.80. The third kappa shape index (κ3) is 3.15. The first-order chi connectivity index (χ1) is 7.86. The van der Waals surface area contributed by atoms with Gasteiger partial charge in [-0.05, 0) is 26.0 Å². The standard InChI is InChI=1S/C10H15N5O2/c1-10(2,9(11)17)14-8(16)7-4-3-6(15-12)5-13-7/h3-5,15H,12H2,1-2H3,(H2,11,17)(H,14,16). The summed E-state index contributed by atoms with van der Waals surface area (Å²) < 4.78 is 0. The van der Waals surface area contributed by atoms with Crippen molar-refractivity contribution >= 4 is 17.5 Å². The number of nitrogens with two attached hydrogens (primary N) is 2. The van der Waals surface area contributed by atoms with Gasteiger partial charge in [0.15, 0.2) is 0 Å². The minimum Gasteiger partial charge on any atom is -0.368 e. The molecule has 0 unspecified atom stereocenters. The van der Waals surface area contributed by atoms with Crippen LogP contribution in [-0.4, -0.2) is 22.3 Å². The van der Waals surface area contributed by atoms with Crippen LogP contribution in [0, 0.1) is 0 Å². The molecule has 0 fully saturated rings. The first-order valence-corrected chi connectivity index (χ1v) is 4.92. The first-order valence-electron chi connectivity index (χ1n) is 4.92. The van der Waals surface area contributed by atoms with Crippen molar-refractivity contribution in [3.05, 3.63) is 24.0 Å². The van der Waals surface area contributed by atoms with Crippen LogP contribution in [0.15, 0.2) is 18.3 Å². The summed E-state index contributed by atoms with van der Waals surface area (Å²) in [6, 6.07) is 3.08. The third-order valence-electron chi connectivity index (χ3n) is 2.20. The molecule has 0 radical (unpaired) electrons. The Morgan fingerprint density at radius 1 is 1.35 bits per heavy atom. The molecule has 0 saturated heterocycles. The normalized spacial score (nSPS) is 10.8. The maximum absolute atomic E-state index is 11.7. The second-order valence-corrected chi connectivity index (χ2v) is 4.02. The molecular formula is C10H15N5O2. The van der Waals surface area contributed by atoms with Crippen LogP contribution in [0.4, 0.5) is 5.69 Å². The number of carbonyl (C=O) groups is 2. The fraction of sp³-hybridized carbons (Fsp3) is 0.300. The molecule has 17 heavy (non-hydrogen) atoms. The highest BCUT2D eigenvalue weighted by Crippen LogP contribution is 2.06. The SMILES string of the molecule is CC(C)(NC(=O)c1ccc(NN)cn1)C(N)=O. The first kappa shape index (κ1) is 12.9. The number of carbonyl (C=O) groups excluding carboxylic acids is 2. The Hall–Kier alpha value is -2.15. The van der Waals surface area contributed by atoms with Gasteiger partial charge < -0.3 is 16.5 Å².